The lowest BCUT2D eigenvalue weighted by atomic mass is 9.99. The zero-order valence-electron chi connectivity index (χ0n) is 17.0. The highest BCUT2D eigenvalue weighted by atomic mass is 16.7. The molecule has 1 fully saturated rings. The summed E-state index contributed by atoms with van der Waals surface area (Å²) in [4.78, 5) is 12.5. The number of phenols is 2. The third-order valence-electron chi connectivity index (χ3n) is 4.94. The Bertz CT molecular complexity index is 969. The van der Waals surface area contributed by atoms with Crippen LogP contribution in [0, 0.1) is 0 Å². The first-order chi connectivity index (χ1) is 15.2. The molecule has 0 bridgehead atoms. The zero-order chi connectivity index (χ0) is 23.4. The summed E-state index contributed by atoms with van der Waals surface area (Å²) in [6.07, 6.45) is -4.23. The Labute approximate surface area is 183 Å². The van der Waals surface area contributed by atoms with E-state index in [0.29, 0.717) is 5.56 Å². The largest absolute Gasteiger partial charge is 0.508 e. The second-order valence-electron chi connectivity index (χ2n) is 7.12. The first-order valence-electron chi connectivity index (χ1n) is 9.64. The number of benzene rings is 2. The number of carbonyl (C=O) groups is 1. The van der Waals surface area contributed by atoms with Gasteiger partial charge < -0.3 is 44.8 Å². The van der Waals surface area contributed by atoms with E-state index in [4.69, 9.17) is 14.2 Å². The number of ether oxygens (including phenoxy) is 3. The minimum absolute atomic E-state index is 0.0282. The molecule has 1 saturated heterocycles. The molecule has 1 heterocycles. The Morgan fingerprint density at radius 2 is 1.75 bits per heavy atom. The van der Waals surface area contributed by atoms with Gasteiger partial charge in [0.2, 0.25) is 6.29 Å². The number of rotatable bonds is 7. The number of phenolic OH excluding ortho intramolecular Hbond substituents is 2. The SMILES string of the molecule is COc1cc(O)cc(O)c1C(=O)/C=C/c1ccc(O[C@@H]2O[C@H](CO)[C@@H](O)[C@@H](O)[C@H]2O)cc1. The van der Waals surface area contributed by atoms with E-state index in [1.54, 1.807) is 12.1 Å². The van der Waals surface area contributed by atoms with Crippen molar-refractivity contribution >= 4 is 11.9 Å². The maximum atomic E-state index is 12.5. The van der Waals surface area contributed by atoms with Crippen LogP contribution in [0.4, 0.5) is 0 Å². The molecule has 2 aromatic carbocycles. The van der Waals surface area contributed by atoms with Gasteiger partial charge in [0, 0.05) is 12.1 Å². The highest BCUT2D eigenvalue weighted by Crippen LogP contribution is 2.33. The van der Waals surface area contributed by atoms with Crippen molar-refractivity contribution in [2.45, 2.75) is 30.7 Å². The minimum atomic E-state index is -1.55. The van der Waals surface area contributed by atoms with Crippen LogP contribution in [0.15, 0.2) is 42.5 Å². The van der Waals surface area contributed by atoms with Gasteiger partial charge in [-0.25, -0.2) is 0 Å². The molecule has 2 aromatic rings. The van der Waals surface area contributed by atoms with Crippen molar-refractivity contribution < 1.29 is 49.6 Å². The lowest BCUT2D eigenvalue weighted by Crippen LogP contribution is -2.60. The summed E-state index contributed by atoms with van der Waals surface area (Å²) in [5.41, 5.74) is 0.515. The van der Waals surface area contributed by atoms with Crippen molar-refractivity contribution in [3.8, 4) is 23.0 Å². The molecule has 0 aromatic heterocycles. The van der Waals surface area contributed by atoms with Crippen molar-refractivity contribution in [1.29, 1.82) is 0 Å². The van der Waals surface area contributed by atoms with Gasteiger partial charge in [-0.15, -0.1) is 0 Å². The quantitative estimate of drug-likeness (QED) is 0.254. The van der Waals surface area contributed by atoms with Gasteiger partial charge in [0.25, 0.3) is 0 Å². The van der Waals surface area contributed by atoms with Gasteiger partial charge in [0.1, 0.15) is 53.0 Å². The summed E-state index contributed by atoms with van der Waals surface area (Å²) in [5.74, 6) is -0.897. The standard InChI is InChI=1S/C22H24O10/c1-30-16-9-12(24)8-15(26)18(16)14(25)7-4-11-2-5-13(6-3-11)31-22-21(29)20(28)19(27)17(10-23)32-22/h2-9,17,19-24,26-29H,10H2,1H3/b7-4+/t17-,19-,20-,21-,22-/m1/s1. The summed E-state index contributed by atoms with van der Waals surface area (Å²) in [5, 5.41) is 58.4. The number of ketones is 1. The molecule has 0 aliphatic carbocycles. The highest BCUT2D eigenvalue weighted by Gasteiger charge is 2.44. The third kappa shape index (κ3) is 5.01. The average molecular weight is 448 g/mol. The van der Waals surface area contributed by atoms with E-state index in [-0.39, 0.29) is 22.8 Å². The van der Waals surface area contributed by atoms with E-state index in [9.17, 15) is 35.4 Å². The van der Waals surface area contributed by atoms with Crippen LogP contribution in [-0.2, 0) is 4.74 Å². The van der Waals surface area contributed by atoms with Crippen molar-refractivity contribution in [3.05, 3.63) is 53.6 Å². The number of hydrogen-bond donors (Lipinski definition) is 6. The van der Waals surface area contributed by atoms with Crippen LogP contribution in [-0.4, -0.2) is 80.8 Å². The van der Waals surface area contributed by atoms with Gasteiger partial charge in [-0.05, 0) is 23.8 Å². The monoisotopic (exact) mass is 448 g/mol. The first-order valence-corrected chi connectivity index (χ1v) is 9.64. The summed E-state index contributed by atoms with van der Waals surface area (Å²) in [7, 11) is 1.31. The van der Waals surface area contributed by atoms with Gasteiger partial charge in [-0.1, -0.05) is 18.2 Å². The van der Waals surface area contributed by atoms with Crippen LogP contribution >= 0.6 is 0 Å². The number of carbonyl (C=O) groups excluding carboxylic acids is 1. The van der Waals surface area contributed by atoms with Crippen molar-refractivity contribution in [2.24, 2.45) is 0 Å². The van der Waals surface area contributed by atoms with Crippen LogP contribution in [0.25, 0.3) is 6.08 Å². The molecule has 1 aliphatic rings. The average Bonchev–Trinajstić information content (AvgIpc) is 2.78. The molecule has 0 saturated carbocycles. The van der Waals surface area contributed by atoms with Crippen LogP contribution in [0.3, 0.4) is 0 Å². The van der Waals surface area contributed by atoms with E-state index in [1.165, 1.54) is 37.5 Å². The van der Waals surface area contributed by atoms with Crippen LogP contribution in [0.5, 0.6) is 23.0 Å². The maximum Gasteiger partial charge on any atom is 0.229 e. The number of methoxy groups -OCH3 is 1. The molecular weight excluding hydrogens is 424 g/mol. The molecule has 0 spiro atoms. The molecular formula is C22H24O10. The molecule has 10 nitrogen and oxygen atoms in total. The molecule has 0 unspecified atom stereocenters. The van der Waals surface area contributed by atoms with Crippen molar-refractivity contribution in [1.82, 2.24) is 0 Å². The Morgan fingerprint density at radius 3 is 2.38 bits per heavy atom. The van der Waals surface area contributed by atoms with E-state index in [0.717, 1.165) is 6.07 Å². The predicted octanol–water partition coefficient (Wildman–Crippen LogP) is 0.181. The smallest absolute Gasteiger partial charge is 0.229 e. The highest BCUT2D eigenvalue weighted by molar-refractivity contribution is 6.10. The van der Waals surface area contributed by atoms with Gasteiger partial charge in [-0.2, -0.15) is 0 Å². The van der Waals surface area contributed by atoms with E-state index in [1.807, 2.05) is 0 Å². The Kier molecular flexibility index (Phi) is 7.33. The number of aliphatic hydroxyl groups is 4. The van der Waals surface area contributed by atoms with Crippen molar-refractivity contribution in [3.63, 3.8) is 0 Å². The molecule has 10 heteroatoms. The Hall–Kier alpha value is -3.15. The Balaban J connectivity index is 1.69. The minimum Gasteiger partial charge on any atom is -0.508 e. The first kappa shape index (κ1) is 23.5. The molecule has 3 rings (SSSR count). The zero-order valence-corrected chi connectivity index (χ0v) is 17.0. The van der Waals surface area contributed by atoms with Crippen LogP contribution in [0.1, 0.15) is 15.9 Å². The van der Waals surface area contributed by atoms with Gasteiger partial charge in [-0.3, -0.25) is 4.79 Å². The summed E-state index contributed by atoms with van der Waals surface area (Å²) >= 11 is 0. The fourth-order valence-electron chi connectivity index (χ4n) is 3.21. The molecule has 172 valence electrons. The van der Waals surface area contributed by atoms with E-state index in [2.05, 4.69) is 0 Å². The molecule has 6 N–H and O–H groups in total. The topological polar surface area (TPSA) is 166 Å². The van der Waals surface area contributed by atoms with Gasteiger partial charge >= 0.3 is 0 Å². The summed E-state index contributed by atoms with van der Waals surface area (Å²) < 4.78 is 15.8. The second-order valence-corrected chi connectivity index (χ2v) is 7.12. The number of aromatic hydroxyl groups is 2. The van der Waals surface area contributed by atoms with Crippen molar-refractivity contribution in [2.75, 3.05) is 13.7 Å². The normalized spacial score (nSPS) is 25.6. The third-order valence-corrected chi connectivity index (χ3v) is 4.94. The van der Waals surface area contributed by atoms with E-state index < -0.39 is 48.8 Å². The number of hydrogen-bond acceptors (Lipinski definition) is 10. The number of aliphatic hydroxyl groups excluding tert-OH is 4. The predicted molar refractivity (Wildman–Crippen MR) is 111 cm³/mol. The fourth-order valence-corrected chi connectivity index (χ4v) is 3.21. The Morgan fingerprint density at radius 1 is 1.06 bits per heavy atom. The molecule has 0 amide bonds. The van der Waals surface area contributed by atoms with Gasteiger partial charge in [0.15, 0.2) is 5.78 Å². The molecule has 1 aliphatic heterocycles. The molecule has 0 radical (unpaired) electrons. The lowest BCUT2D eigenvalue weighted by Gasteiger charge is -2.39. The summed E-state index contributed by atoms with van der Waals surface area (Å²) in [6.45, 7) is -0.566. The second kappa shape index (κ2) is 9.98. The lowest BCUT2D eigenvalue weighted by molar-refractivity contribution is -0.277. The molecule has 5 atom stereocenters. The summed E-state index contributed by atoms with van der Waals surface area (Å²) in [6, 6.07) is 8.53. The van der Waals surface area contributed by atoms with Gasteiger partial charge in [0.05, 0.1) is 13.7 Å². The molecule has 32 heavy (non-hydrogen) atoms. The van der Waals surface area contributed by atoms with E-state index >= 15 is 0 Å². The number of allylic oxidation sites excluding steroid dienone is 1. The fraction of sp³-hybridized carbons (Fsp3) is 0.318. The van der Waals surface area contributed by atoms with Crippen LogP contribution < -0.4 is 9.47 Å². The van der Waals surface area contributed by atoms with Crippen LogP contribution in [0.2, 0.25) is 0 Å². The maximum absolute atomic E-state index is 12.5.